The first kappa shape index (κ1) is 15.8. The van der Waals surface area contributed by atoms with E-state index in [0.29, 0.717) is 11.3 Å². The summed E-state index contributed by atoms with van der Waals surface area (Å²) in [5.74, 6) is -0.277. The van der Waals surface area contributed by atoms with Gasteiger partial charge in [-0.2, -0.15) is 0 Å². The summed E-state index contributed by atoms with van der Waals surface area (Å²) in [4.78, 5) is 11.5. The molecule has 1 amide bonds. The van der Waals surface area contributed by atoms with Crippen LogP contribution in [-0.2, 0) is 10.0 Å². The minimum Gasteiger partial charge on any atom is -0.355 e. The van der Waals surface area contributed by atoms with Gasteiger partial charge >= 0.3 is 0 Å². The van der Waals surface area contributed by atoms with E-state index in [1.54, 1.807) is 30.3 Å². The third-order valence-corrected chi connectivity index (χ3v) is 3.87. The number of benzene rings is 2. The average Bonchev–Trinajstić information content (AvgIpc) is 2.53. The number of hydrogen-bond acceptors (Lipinski definition) is 3. The van der Waals surface area contributed by atoms with Gasteiger partial charge in [-0.3, -0.25) is 9.52 Å². The molecule has 0 aromatic heterocycles. The highest BCUT2D eigenvalue weighted by Crippen LogP contribution is 2.13. The van der Waals surface area contributed by atoms with Crippen molar-refractivity contribution in [3.8, 4) is 0 Å². The normalized spacial score (nSPS) is 11.3. The van der Waals surface area contributed by atoms with Crippen LogP contribution >= 0.6 is 0 Å². The highest BCUT2D eigenvalue weighted by Gasteiger charge is 2.08. The van der Waals surface area contributed by atoms with Gasteiger partial charge in [-0.15, -0.1) is 0 Å². The predicted molar refractivity (Wildman–Crippen MR) is 87.9 cm³/mol. The van der Waals surface area contributed by atoms with Crippen molar-refractivity contribution in [2.24, 2.45) is 0 Å². The fourth-order valence-corrected chi connectivity index (χ4v) is 2.66. The van der Waals surface area contributed by atoms with Gasteiger partial charge in [-0.1, -0.05) is 36.4 Å². The van der Waals surface area contributed by atoms with Crippen LogP contribution in [0.2, 0.25) is 0 Å². The molecule has 2 rings (SSSR count). The largest absolute Gasteiger partial charge is 0.355 e. The maximum absolute atomic E-state index is 12.0. The highest BCUT2D eigenvalue weighted by atomic mass is 32.2. The second kappa shape index (κ2) is 6.91. The van der Waals surface area contributed by atoms with Crippen LogP contribution in [0.15, 0.2) is 60.0 Å². The Balaban J connectivity index is 2.15. The molecule has 22 heavy (non-hydrogen) atoms. The first-order chi connectivity index (χ1) is 10.5. The van der Waals surface area contributed by atoms with Gasteiger partial charge in [0.05, 0.1) is 5.41 Å². The van der Waals surface area contributed by atoms with E-state index in [4.69, 9.17) is 0 Å². The van der Waals surface area contributed by atoms with Crippen LogP contribution in [0.3, 0.4) is 0 Å². The van der Waals surface area contributed by atoms with E-state index in [9.17, 15) is 13.2 Å². The van der Waals surface area contributed by atoms with Crippen molar-refractivity contribution in [3.63, 3.8) is 0 Å². The van der Waals surface area contributed by atoms with E-state index < -0.39 is 10.0 Å². The van der Waals surface area contributed by atoms with Gasteiger partial charge in [0.15, 0.2) is 0 Å². The zero-order valence-corrected chi connectivity index (χ0v) is 12.8. The minimum atomic E-state index is -3.64. The lowest BCUT2D eigenvalue weighted by atomic mass is 10.2. The smallest absolute Gasteiger partial charge is 0.255 e. The van der Waals surface area contributed by atoms with E-state index in [1.165, 1.54) is 19.2 Å². The topological polar surface area (TPSA) is 75.3 Å². The molecule has 0 heterocycles. The number of rotatable bonds is 5. The van der Waals surface area contributed by atoms with Crippen LogP contribution < -0.4 is 10.0 Å². The summed E-state index contributed by atoms with van der Waals surface area (Å²) in [6, 6.07) is 15.4. The molecule has 0 atom stereocenters. The van der Waals surface area contributed by atoms with Crippen LogP contribution in [0, 0.1) is 0 Å². The van der Waals surface area contributed by atoms with Gasteiger partial charge < -0.3 is 5.32 Å². The molecule has 5 nitrogen and oxygen atoms in total. The van der Waals surface area contributed by atoms with Crippen molar-refractivity contribution in [3.05, 3.63) is 71.1 Å². The van der Waals surface area contributed by atoms with Crippen LogP contribution in [0.5, 0.6) is 0 Å². The van der Waals surface area contributed by atoms with E-state index in [0.717, 1.165) is 11.0 Å². The molecule has 0 saturated heterocycles. The van der Waals surface area contributed by atoms with Crippen molar-refractivity contribution in [2.75, 3.05) is 11.8 Å². The Hall–Kier alpha value is -2.60. The third kappa shape index (κ3) is 4.46. The number of amides is 1. The predicted octanol–water partition coefficient (Wildman–Crippen LogP) is 2.46. The second-order valence-electron chi connectivity index (χ2n) is 4.52. The van der Waals surface area contributed by atoms with Gasteiger partial charge in [-0.05, 0) is 29.8 Å². The summed E-state index contributed by atoms with van der Waals surface area (Å²) in [7, 11) is -2.13. The molecule has 0 unspecified atom stereocenters. The summed E-state index contributed by atoms with van der Waals surface area (Å²) in [5.41, 5.74) is 1.50. The van der Waals surface area contributed by atoms with Crippen LogP contribution in [0.25, 0.3) is 6.08 Å². The molecular weight excluding hydrogens is 300 g/mol. The fourth-order valence-electron chi connectivity index (χ4n) is 1.80. The Bertz CT molecular complexity index is 784. The quantitative estimate of drug-likeness (QED) is 0.889. The van der Waals surface area contributed by atoms with Gasteiger partial charge in [-0.25, -0.2) is 8.42 Å². The Morgan fingerprint density at radius 3 is 2.45 bits per heavy atom. The molecule has 2 aromatic carbocycles. The number of nitrogens with one attached hydrogen (secondary N) is 2. The summed E-state index contributed by atoms with van der Waals surface area (Å²) in [6.07, 6.45) is 1.50. The molecule has 2 aromatic rings. The lowest BCUT2D eigenvalue weighted by molar-refractivity contribution is 0.0963. The molecule has 6 heteroatoms. The summed E-state index contributed by atoms with van der Waals surface area (Å²) >= 11 is 0. The van der Waals surface area contributed by atoms with Crippen molar-refractivity contribution in [1.82, 2.24) is 5.32 Å². The lowest BCUT2D eigenvalue weighted by Gasteiger charge is -2.06. The van der Waals surface area contributed by atoms with E-state index in [1.807, 2.05) is 18.2 Å². The molecule has 0 spiro atoms. The molecular formula is C16H16N2O3S. The first-order valence-corrected chi connectivity index (χ1v) is 8.13. The van der Waals surface area contributed by atoms with E-state index in [2.05, 4.69) is 10.0 Å². The van der Waals surface area contributed by atoms with Gasteiger partial charge in [0.25, 0.3) is 15.9 Å². The molecule has 0 fully saturated rings. The number of hydrogen-bond donors (Lipinski definition) is 2. The van der Waals surface area contributed by atoms with E-state index in [-0.39, 0.29) is 5.91 Å². The number of sulfonamides is 1. The molecule has 0 radical (unpaired) electrons. The fraction of sp³-hybridized carbons (Fsp3) is 0.0625. The second-order valence-corrected chi connectivity index (χ2v) is 6.09. The summed E-state index contributed by atoms with van der Waals surface area (Å²) < 4.78 is 26.5. The van der Waals surface area contributed by atoms with Gasteiger partial charge in [0.2, 0.25) is 0 Å². The number of carbonyl (C=O) groups is 1. The SMILES string of the molecule is CNC(=O)c1cccc(NS(=O)(=O)/C=C/c2ccccc2)c1. The molecule has 0 saturated carbocycles. The number of carbonyl (C=O) groups excluding carboxylic acids is 1. The van der Waals surface area contributed by atoms with Crippen molar-refractivity contribution in [1.29, 1.82) is 0 Å². The Labute approximate surface area is 129 Å². The Morgan fingerprint density at radius 1 is 1.05 bits per heavy atom. The van der Waals surface area contributed by atoms with E-state index >= 15 is 0 Å². The average molecular weight is 316 g/mol. The van der Waals surface area contributed by atoms with Crippen LogP contribution in [0.4, 0.5) is 5.69 Å². The van der Waals surface area contributed by atoms with Crippen LogP contribution in [0.1, 0.15) is 15.9 Å². The summed E-state index contributed by atoms with van der Waals surface area (Å²) in [6.45, 7) is 0. The zero-order chi connectivity index (χ0) is 16.0. The summed E-state index contributed by atoms with van der Waals surface area (Å²) in [5, 5.41) is 3.58. The first-order valence-electron chi connectivity index (χ1n) is 6.58. The Kier molecular flexibility index (Phi) is 4.95. The highest BCUT2D eigenvalue weighted by molar-refractivity contribution is 7.95. The van der Waals surface area contributed by atoms with Gasteiger partial charge in [0.1, 0.15) is 0 Å². The monoisotopic (exact) mass is 316 g/mol. The lowest BCUT2D eigenvalue weighted by Crippen LogP contribution is -2.18. The zero-order valence-electron chi connectivity index (χ0n) is 12.0. The maximum atomic E-state index is 12.0. The molecule has 2 N–H and O–H groups in total. The molecule has 0 bridgehead atoms. The van der Waals surface area contributed by atoms with Crippen LogP contribution in [-0.4, -0.2) is 21.4 Å². The van der Waals surface area contributed by atoms with Crippen molar-refractivity contribution < 1.29 is 13.2 Å². The molecule has 114 valence electrons. The minimum absolute atomic E-state index is 0.277. The third-order valence-electron chi connectivity index (χ3n) is 2.85. The standard InChI is InChI=1S/C16H16N2O3S/c1-17-16(19)14-8-5-9-15(12-14)18-22(20,21)11-10-13-6-3-2-4-7-13/h2-12,18H,1H3,(H,17,19)/b11-10+. The number of anilines is 1. The van der Waals surface area contributed by atoms with Crippen molar-refractivity contribution in [2.45, 2.75) is 0 Å². The van der Waals surface area contributed by atoms with Gasteiger partial charge in [0, 0.05) is 18.3 Å². The molecule has 0 aliphatic carbocycles. The van der Waals surface area contributed by atoms with Crippen molar-refractivity contribution >= 4 is 27.7 Å². The molecule has 0 aliphatic heterocycles. The molecule has 0 aliphatic rings. The Morgan fingerprint density at radius 2 is 1.77 bits per heavy atom. The maximum Gasteiger partial charge on any atom is 0.255 e.